The topological polar surface area (TPSA) is 12.0 Å². The van der Waals surface area contributed by atoms with Crippen LogP contribution in [0.4, 0.5) is 4.39 Å². The molecule has 100 valence electrons. The van der Waals surface area contributed by atoms with Crippen molar-refractivity contribution in [1.29, 1.82) is 0 Å². The number of hydrogen-bond donors (Lipinski definition) is 1. The van der Waals surface area contributed by atoms with E-state index in [1.807, 2.05) is 6.07 Å². The SMILES string of the molecule is CCCNC1CCC(Cc2ccc(F)cc2Br)C1. The van der Waals surface area contributed by atoms with Crippen LogP contribution in [0.3, 0.4) is 0 Å². The summed E-state index contributed by atoms with van der Waals surface area (Å²) in [5.41, 5.74) is 1.23. The molecule has 0 aliphatic heterocycles. The van der Waals surface area contributed by atoms with Crippen LogP contribution in [0, 0.1) is 11.7 Å². The first kappa shape index (κ1) is 14.0. The fourth-order valence-corrected chi connectivity index (χ4v) is 3.31. The molecule has 1 nitrogen and oxygen atoms in total. The molecule has 1 aliphatic rings. The van der Waals surface area contributed by atoms with Crippen LogP contribution in [0.25, 0.3) is 0 Å². The minimum Gasteiger partial charge on any atom is -0.314 e. The fourth-order valence-electron chi connectivity index (χ4n) is 2.79. The van der Waals surface area contributed by atoms with E-state index in [-0.39, 0.29) is 5.82 Å². The third-order valence-electron chi connectivity index (χ3n) is 3.75. The van der Waals surface area contributed by atoms with Gasteiger partial charge in [0.15, 0.2) is 0 Å². The normalized spacial score (nSPS) is 23.5. The molecule has 0 radical (unpaired) electrons. The molecule has 2 unspecified atom stereocenters. The van der Waals surface area contributed by atoms with Gasteiger partial charge in [-0.05, 0) is 62.3 Å². The van der Waals surface area contributed by atoms with E-state index in [9.17, 15) is 4.39 Å². The lowest BCUT2D eigenvalue weighted by molar-refractivity contribution is 0.483. The Kier molecular flexibility index (Phi) is 5.19. The van der Waals surface area contributed by atoms with Gasteiger partial charge in [-0.2, -0.15) is 0 Å². The van der Waals surface area contributed by atoms with Gasteiger partial charge in [0, 0.05) is 10.5 Å². The number of nitrogens with one attached hydrogen (secondary N) is 1. The molecule has 0 spiro atoms. The second kappa shape index (κ2) is 6.67. The fraction of sp³-hybridized carbons (Fsp3) is 0.600. The van der Waals surface area contributed by atoms with Gasteiger partial charge in [-0.1, -0.05) is 28.9 Å². The maximum absolute atomic E-state index is 13.0. The van der Waals surface area contributed by atoms with Crippen LogP contribution >= 0.6 is 15.9 Å². The smallest absolute Gasteiger partial charge is 0.124 e. The molecule has 2 rings (SSSR count). The molecule has 0 bridgehead atoms. The Bertz CT molecular complexity index is 394. The first-order valence-electron chi connectivity index (χ1n) is 6.86. The first-order valence-corrected chi connectivity index (χ1v) is 7.65. The minimum absolute atomic E-state index is 0.167. The van der Waals surface area contributed by atoms with E-state index in [2.05, 4.69) is 28.2 Å². The van der Waals surface area contributed by atoms with Crippen LogP contribution in [0.5, 0.6) is 0 Å². The molecule has 0 heterocycles. The molecular formula is C15H21BrFN. The van der Waals surface area contributed by atoms with Gasteiger partial charge in [0.25, 0.3) is 0 Å². The Morgan fingerprint density at radius 1 is 1.39 bits per heavy atom. The Labute approximate surface area is 117 Å². The lowest BCUT2D eigenvalue weighted by atomic mass is 9.98. The lowest BCUT2D eigenvalue weighted by Gasteiger charge is -2.13. The molecule has 1 aromatic carbocycles. The highest BCUT2D eigenvalue weighted by molar-refractivity contribution is 9.10. The summed E-state index contributed by atoms with van der Waals surface area (Å²) < 4.78 is 13.9. The molecule has 3 heteroatoms. The van der Waals surface area contributed by atoms with Crippen LogP contribution in [0.15, 0.2) is 22.7 Å². The summed E-state index contributed by atoms with van der Waals surface area (Å²) in [6.45, 7) is 3.33. The summed E-state index contributed by atoms with van der Waals surface area (Å²) in [4.78, 5) is 0. The minimum atomic E-state index is -0.167. The monoisotopic (exact) mass is 313 g/mol. The maximum Gasteiger partial charge on any atom is 0.124 e. The van der Waals surface area contributed by atoms with E-state index in [4.69, 9.17) is 0 Å². The van der Waals surface area contributed by atoms with Crippen molar-refractivity contribution in [2.75, 3.05) is 6.54 Å². The van der Waals surface area contributed by atoms with Gasteiger partial charge in [-0.15, -0.1) is 0 Å². The van der Waals surface area contributed by atoms with E-state index in [0.29, 0.717) is 6.04 Å². The molecule has 1 fully saturated rings. The standard InChI is InChI=1S/C15H21BrFN/c1-2-7-18-14-6-3-11(9-14)8-12-4-5-13(17)10-15(12)16/h4-5,10-11,14,18H,2-3,6-9H2,1H3. The zero-order valence-corrected chi connectivity index (χ0v) is 12.5. The second-order valence-corrected chi connectivity index (χ2v) is 6.12. The van der Waals surface area contributed by atoms with E-state index >= 15 is 0 Å². The molecule has 1 aromatic rings. The maximum atomic E-state index is 13.0. The van der Waals surface area contributed by atoms with Gasteiger partial charge >= 0.3 is 0 Å². The molecule has 2 atom stereocenters. The highest BCUT2D eigenvalue weighted by Gasteiger charge is 2.24. The summed E-state index contributed by atoms with van der Waals surface area (Å²) in [5.74, 6) is 0.570. The van der Waals surface area contributed by atoms with Gasteiger partial charge < -0.3 is 5.32 Å². The molecule has 18 heavy (non-hydrogen) atoms. The number of halogens is 2. The molecular weight excluding hydrogens is 293 g/mol. The molecule has 0 aromatic heterocycles. The summed E-state index contributed by atoms with van der Waals surface area (Å²) in [5, 5.41) is 3.60. The van der Waals surface area contributed by atoms with Crippen molar-refractivity contribution in [3.63, 3.8) is 0 Å². The predicted molar refractivity (Wildman–Crippen MR) is 77.2 cm³/mol. The zero-order chi connectivity index (χ0) is 13.0. The van der Waals surface area contributed by atoms with Gasteiger partial charge in [0.05, 0.1) is 0 Å². The molecule has 1 N–H and O–H groups in total. The van der Waals surface area contributed by atoms with Crippen molar-refractivity contribution < 1.29 is 4.39 Å². The van der Waals surface area contributed by atoms with Gasteiger partial charge in [-0.3, -0.25) is 0 Å². The number of hydrogen-bond acceptors (Lipinski definition) is 1. The largest absolute Gasteiger partial charge is 0.314 e. The number of benzene rings is 1. The summed E-state index contributed by atoms with van der Waals surface area (Å²) in [7, 11) is 0. The van der Waals surface area contributed by atoms with E-state index in [1.54, 1.807) is 12.1 Å². The van der Waals surface area contributed by atoms with Crippen LogP contribution in [0.2, 0.25) is 0 Å². The Morgan fingerprint density at radius 2 is 2.22 bits per heavy atom. The highest BCUT2D eigenvalue weighted by Crippen LogP contribution is 2.31. The average Bonchev–Trinajstić information content (AvgIpc) is 2.78. The molecule has 1 aliphatic carbocycles. The Hall–Kier alpha value is -0.410. The first-order chi connectivity index (χ1) is 8.69. The third kappa shape index (κ3) is 3.79. The van der Waals surface area contributed by atoms with Crippen molar-refractivity contribution in [2.45, 2.75) is 45.1 Å². The average molecular weight is 314 g/mol. The van der Waals surface area contributed by atoms with Crippen LogP contribution < -0.4 is 5.32 Å². The summed E-state index contributed by atoms with van der Waals surface area (Å²) >= 11 is 3.46. The number of rotatable bonds is 5. The summed E-state index contributed by atoms with van der Waals surface area (Å²) in [6, 6.07) is 5.72. The van der Waals surface area contributed by atoms with Crippen molar-refractivity contribution in [3.8, 4) is 0 Å². The summed E-state index contributed by atoms with van der Waals surface area (Å²) in [6.07, 6.45) is 6.08. The molecule has 0 amide bonds. The predicted octanol–water partition coefficient (Wildman–Crippen LogP) is 4.30. The van der Waals surface area contributed by atoms with Gasteiger partial charge in [-0.25, -0.2) is 4.39 Å². The van der Waals surface area contributed by atoms with E-state index < -0.39 is 0 Å². The van der Waals surface area contributed by atoms with Crippen molar-refractivity contribution in [3.05, 3.63) is 34.1 Å². The van der Waals surface area contributed by atoms with Crippen molar-refractivity contribution >= 4 is 15.9 Å². The molecule has 1 saturated carbocycles. The van der Waals surface area contributed by atoms with Crippen LogP contribution in [0.1, 0.15) is 38.2 Å². The molecule has 0 saturated heterocycles. The quantitative estimate of drug-likeness (QED) is 0.854. The van der Waals surface area contributed by atoms with E-state index in [0.717, 1.165) is 23.4 Å². The van der Waals surface area contributed by atoms with Gasteiger partial charge in [0.2, 0.25) is 0 Å². The third-order valence-corrected chi connectivity index (χ3v) is 4.49. The van der Waals surface area contributed by atoms with Crippen LogP contribution in [-0.4, -0.2) is 12.6 Å². The Morgan fingerprint density at radius 3 is 2.94 bits per heavy atom. The highest BCUT2D eigenvalue weighted by atomic mass is 79.9. The van der Waals surface area contributed by atoms with Crippen molar-refractivity contribution in [1.82, 2.24) is 5.32 Å². The van der Waals surface area contributed by atoms with Crippen LogP contribution in [-0.2, 0) is 6.42 Å². The van der Waals surface area contributed by atoms with E-state index in [1.165, 1.54) is 31.2 Å². The zero-order valence-electron chi connectivity index (χ0n) is 10.9. The van der Waals surface area contributed by atoms with Gasteiger partial charge in [0.1, 0.15) is 5.82 Å². The lowest BCUT2D eigenvalue weighted by Crippen LogP contribution is -2.27. The van der Waals surface area contributed by atoms with Crippen molar-refractivity contribution in [2.24, 2.45) is 5.92 Å². The second-order valence-electron chi connectivity index (χ2n) is 5.27. The Balaban J connectivity index is 1.87.